The summed E-state index contributed by atoms with van der Waals surface area (Å²) < 4.78 is 11.8. The fraction of sp³-hybridized carbons (Fsp3) is 0.696. The van der Waals surface area contributed by atoms with Gasteiger partial charge in [-0.1, -0.05) is 26.7 Å². The molecule has 0 spiro atoms. The summed E-state index contributed by atoms with van der Waals surface area (Å²) in [4.78, 5) is 15.2. The molecule has 1 aliphatic heterocycles. The van der Waals surface area contributed by atoms with Crippen LogP contribution in [0.2, 0.25) is 0 Å². The Labute approximate surface area is 170 Å². The zero-order chi connectivity index (χ0) is 20.4. The van der Waals surface area contributed by atoms with Crippen molar-refractivity contribution in [1.29, 1.82) is 0 Å². The molecule has 2 unspecified atom stereocenters. The standard InChI is InChI=1S/C23H38N2O3/c1-5-14-23(4,28-17-6-2)22(26)24-20-10-12-21(13-11-20)27-18-16-25-15-8-7-9-19(25)3/h10-13,19H,5-9,14-18H2,1-4H3,(H,24,26). The highest BCUT2D eigenvalue weighted by molar-refractivity contribution is 5.97. The Morgan fingerprint density at radius 2 is 1.93 bits per heavy atom. The molecule has 1 saturated heterocycles. The van der Waals surface area contributed by atoms with E-state index in [1.54, 1.807) is 0 Å². The number of likely N-dealkylation sites (tertiary alicyclic amines) is 1. The molecule has 0 bridgehead atoms. The van der Waals surface area contributed by atoms with Crippen LogP contribution < -0.4 is 10.1 Å². The van der Waals surface area contributed by atoms with E-state index in [4.69, 9.17) is 9.47 Å². The third-order valence-electron chi connectivity index (χ3n) is 5.53. The van der Waals surface area contributed by atoms with Gasteiger partial charge in [-0.2, -0.15) is 0 Å². The molecule has 0 aromatic heterocycles. The molecule has 2 atom stereocenters. The number of benzene rings is 1. The normalized spacial score (nSPS) is 19.8. The first kappa shape index (κ1) is 22.7. The lowest BCUT2D eigenvalue weighted by atomic mass is 9.99. The van der Waals surface area contributed by atoms with E-state index in [0.717, 1.165) is 30.8 Å². The fourth-order valence-electron chi connectivity index (χ4n) is 3.72. The zero-order valence-electron chi connectivity index (χ0n) is 18.1. The maximum Gasteiger partial charge on any atom is 0.256 e. The predicted octanol–water partition coefficient (Wildman–Crippen LogP) is 4.86. The van der Waals surface area contributed by atoms with Crippen molar-refractivity contribution in [3.05, 3.63) is 24.3 Å². The van der Waals surface area contributed by atoms with Gasteiger partial charge in [-0.15, -0.1) is 0 Å². The minimum atomic E-state index is -0.787. The lowest BCUT2D eigenvalue weighted by molar-refractivity contribution is -0.140. The van der Waals surface area contributed by atoms with Crippen LogP contribution in [0, 0.1) is 0 Å². The molecule has 1 heterocycles. The average molecular weight is 391 g/mol. The highest BCUT2D eigenvalue weighted by atomic mass is 16.5. The molecule has 0 aliphatic carbocycles. The molecule has 0 saturated carbocycles. The summed E-state index contributed by atoms with van der Waals surface area (Å²) in [5.74, 6) is 0.747. The Bertz CT molecular complexity index is 590. The number of amides is 1. The fourth-order valence-corrected chi connectivity index (χ4v) is 3.72. The molecule has 1 aromatic rings. The Kier molecular flexibility index (Phi) is 9.26. The molecule has 0 radical (unpaired) electrons. The molecule has 158 valence electrons. The Morgan fingerprint density at radius 3 is 2.57 bits per heavy atom. The smallest absolute Gasteiger partial charge is 0.256 e. The van der Waals surface area contributed by atoms with Crippen LogP contribution in [-0.4, -0.2) is 48.8 Å². The topological polar surface area (TPSA) is 50.8 Å². The summed E-state index contributed by atoms with van der Waals surface area (Å²) >= 11 is 0. The van der Waals surface area contributed by atoms with Crippen LogP contribution in [0.25, 0.3) is 0 Å². The summed E-state index contributed by atoms with van der Waals surface area (Å²) in [7, 11) is 0. The molecule has 1 amide bonds. The molecule has 5 nitrogen and oxygen atoms in total. The van der Waals surface area contributed by atoms with Crippen molar-refractivity contribution in [1.82, 2.24) is 4.90 Å². The number of ether oxygens (including phenoxy) is 2. The number of carbonyl (C=O) groups excluding carboxylic acids is 1. The van der Waals surface area contributed by atoms with E-state index in [0.29, 0.717) is 25.7 Å². The highest BCUT2D eigenvalue weighted by Gasteiger charge is 2.33. The van der Waals surface area contributed by atoms with Gasteiger partial charge in [-0.25, -0.2) is 0 Å². The second-order valence-electron chi connectivity index (χ2n) is 8.04. The van der Waals surface area contributed by atoms with Gasteiger partial charge < -0.3 is 14.8 Å². The van der Waals surface area contributed by atoms with E-state index in [1.807, 2.05) is 31.2 Å². The van der Waals surface area contributed by atoms with Crippen molar-refractivity contribution >= 4 is 11.6 Å². The van der Waals surface area contributed by atoms with Crippen molar-refractivity contribution in [2.45, 2.75) is 77.9 Å². The molecule has 1 aliphatic rings. The number of rotatable bonds is 11. The van der Waals surface area contributed by atoms with Crippen molar-refractivity contribution < 1.29 is 14.3 Å². The van der Waals surface area contributed by atoms with E-state index in [2.05, 4.69) is 31.0 Å². The summed E-state index contributed by atoms with van der Waals surface area (Å²) in [5, 5.41) is 2.99. The first-order valence-corrected chi connectivity index (χ1v) is 10.9. The molecule has 1 aromatic carbocycles. The van der Waals surface area contributed by atoms with Crippen molar-refractivity contribution in [2.75, 3.05) is 31.6 Å². The van der Waals surface area contributed by atoms with Crippen LogP contribution in [-0.2, 0) is 9.53 Å². The zero-order valence-corrected chi connectivity index (χ0v) is 18.1. The third kappa shape index (κ3) is 6.78. The average Bonchev–Trinajstić information content (AvgIpc) is 2.69. The summed E-state index contributed by atoms with van der Waals surface area (Å²) in [5.41, 5.74) is -0.0186. The Morgan fingerprint density at radius 1 is 1.18 bits per heavy atom. The molecular weight excluding hydrogens is 352 g/mol. The van der Waals surface area contributed by atoms with Gasteiger partial charge in [0.25, 0.3) is 5.91 Å². The van der Waals surface area contributed by atoms with E-state index < -0.39 is 5.60 Å². The van der Waals surface area contributed by atoms with Gasteiger partial charge in [0.05, 0.1) is 0 Å². The minimum absolute atomic E-state index is 0.0874. The van der Waals surface area contributed by atoms with Gasteiger partial charge in [-0.3, -0.25) is 9.69 Å². The lowest BCUT2D eigenvalue weighted by Gasteiger charge is -2.33. The SMILES string of the molecule is CCCOC(C)(CCC)C(=O)Nc1ccc(OCCN2CCCCC2C)cc1. The van der Waals surface area contributed by atoms with E-state index in [9.17, 15) is 4.79 Å². The second-order valence-corrected chi connectivity index (χ2v) is 8.04. The number of nitrogens with one attached hydrogen (secondary N) is 1. The molecule has 1 fully saturated rings. The van der Waals surface area contributed by atoms with E-state index >= 15 is 0 Å². The van der Waals surface area contributed by atoms with Gasteiger partial charge in [0.15, 0.2) is 0 Å². The van der Waals surface area contributed by atoms with Crippen LogP contribution in [0.15, 0.2) is 24.3 Å². The number of hydrogen-bond donors (Lipinski definition) is 1. The number of nitrogens with zero attached hydrogens (tertiary/aromatic N) is 1. The summed E-state index contributed by atoms with van der Waals surface area (Å²) in [6, 6.07) is 8.27. The van der Waals surface area contributed by atoms with Crippen LogP contribution in [0.5, 0.6) is 5.75 Å². The predicted molar refractivity (Wildman–Crippen MR) is 115 cm³/mol. The van der Waals surface area contributed by atoms with E-state index in [1.165, 1.54) is 25.8 Å². The number of anilines is 1. The molecule has 2 rings (SSSR count). The first-order valence-electron chi connectivity index (χ1n) is 10.9. The Hall–Kier alpha value is -1.59. The number of piperidine rings is 1. The molecular formula is C23H38N2O3. The van der Waals surface area contributed by atoms with Crippen LogP contribution in [0.1, 0.15) is 66.2 Å². The van der Waals surface area contributed by atoms with Crippen LogP contribution >= 0.6 is 0 Å². The third-order valence-corrected chi connectivity index (χ3v) is 5.53. The highest BCUT2D eigenvalue weighted by Crippen LogP contribution is 2.23. The second kappa shape index (κ2) is 11.4. The number of hydrogen-bond acceptors (Lipinski definition) is 4. The quantitative estimate of drug-likeness (QED) is 0.586. The van der Waals surface area contributed by atoms with Gasteiger partial charge in [0, 0.05) is 24.9 Å². The van der Waals surface area contributed by atoms with Gasteiger partial charge in [0.2, 0.25) is 0 Å². The first-order chi connectivity index (χ1) is 13.5. The Balaban J connectivity index is 1.83. The summed E-state index contributed by atoms with van der Waals surface area (Å²) in [6.45, 7) is 11.7. The van der Waals surface area contributed by atoms with Crippen LogP contribution in [0.3, 0.4) is 0 Å². The maximum absolute atomic E-state index is 12.7. The van der Waals surface area contributed by atoms with E-state index in [-0.39, 0.29) is 5.91 Å². The maximum atomic E-state index is 12.7. The van der Waals surface area contributed by atoms with Gasteiger partial charge in [-0.05, 0) is 70.3 Å². The summed E-state index contributed by atoms with van der Waals surface area (Å²) in [6.07, 6.45) is 6.41. The minimum Gasteiger partial charge on any atom is -0.492 e. The van der Waals surface area contributed by atoms with Crippen molar-refractivity contribution in [3.8, 4) is 5.75 Å². The van der Waals surface area contributed by atoms with Gasteiger partial charge >= 0.3 is 0 Å². The molecule has 1 N–H and O–H groups in total. The monoisotopic (exact) mass is 390 g/mol. The van der Waals surface area contributed by atoms with Crippen molar-refractivity contribution in [3.63, 3.8) is 0 Å². The number of carbonyl (C=O) groups is 1. The largest absolute Gasteiger partial charge is 0.492 e. The van der Waals surface area contributed by atoms with Crippen molar-refractivity contribution in [2.24, 2.45) is 0 Å². The van der Waals surface area contributed by atoms with Crippen LogP contribution in [0.4, 0.5) is 5.69 Å². The van der Waals surface area contributed by atoms with Gasteiger partial charge in [0.1, 0.15) is 18.0 Å². The molecule has 5 heteroatoms. The molecule has 28 heavy (non-hydrogen) atoms. The lowest BCUT2D eigenvalue weighted by Crippen LogP contribution is -2.43.